The van der Waals surface area contributed by atoms with E-state index < -0.39 is 5.97 Å². The topological polar surface area (TPSA) is 78.4 Å². The molecule has 120 valence electrons. The molecule has 0 atom stereocenters. The molecule has 0 heterocycles. The summed E-state index contributed by atoms with van der Waals surface area (Å²) in [5.41, 5.74) is 1.25. The number of fused-ring (bicyclic) bond motifs is 1. The first-order valence-electron chi connectivity index (χ1n) is 7.48. The Bertz CT molecular complexity index is 906. The third-order valence-corrected chi connectivity index (χ3v) is 3.63. The third kappa shape index (κ3) is 3.52. The van der Waals surface area contributed by atoms with Crippen molar-refractivity contribution in [2.45, 2.75) is 0 Å². The van der Waals surface area contributed by atoms with E-state index in [9.17, 15) is 9.59 Å². The van der Waals surface area contributed by atoms with Gasteiger partial charge in [0, 0.05) is 11.4 Å². The van der Waals surface area contributed by atoms with Crippen LogP contribution in [-0.2, 0) is 4.79 Å². The van der Waals surface area contributed by atoms with Crippen LogP contribution in [0.1, 0.15) is 10.4 Å². The van der Waals surface area contributed by atoms with E-state index in [4.69, 9.17) is 5.11 Å². The van der Waals surface area contributed by atoms with E-state index >= 15 is 0 Å². The summed E-state index contributed by atoms with van der Waals surface area (Å²) in [5.74, 6) is -1.28. The molecule has 5 nitrogen and oxygen atoms in total. The number of carboxylic acid groups (broad SMARTS) is 1. The molecule has 0 aliphatic rings. The van der Waals surface area contributed by atoms with Crippen molar-refractivity contribution in [3.63, 3.8) is 0 Å². The molecular weight excluding hydrogens is 304 g/mol. The lowest BCUT2D eigenvalue weighted by Crippen LogP contribution is -2.22. The Balaban J connectivity index is 1.66. The molecule has 3 aromatic carbocycles. The minimum atomic E-state index is -1.03. The summed E-state index contributed by atoms with van der Waals surface area (Å²) < 4.78 is 0. The lowest BCUT2D eigenvalue weighted by Gasteiger charge is -2.10. The largest absolute Gasteiger partial charge is 0.478 e. The molecule has 0 fully saturated rings. The van der Waals surface area contributed by atoms with Crippen molar-refractivity contribution in [3.8, 4) is 0 Å². The Morgan fingerprint density at radius 2 is 1.58 bits per heavy atom. The van der Waals surface area contributed by atoms with Gasteiger partial charge in [-0.2, -0.15) is 0 Å². The van der Waals surface area contributed by atoms with Crippen LogP contribution in [-0.4, -0.2) is 23.5 Å². The smallest absolute Gasteiger partial charge is 0.337 e. The molecule has 0 aliphatic carbocycles. The van der Waals surface area contributed by atoms with Gasteiger partial charge in [-0.3, -0.25) is 4.79 Å². The number of nitrogens with one attached hydrogen (secondary N) is 2. The molecule has 3 rings (SSSR count). The lowest BCUT2D eigenvalue weighted by atomic mass is 10.1. The fourth-order valence-corrected chi connectivity index (χ4v) is 2.47. The van der Waals surface area contributed by atoms with Crippen LogP contribution < -0.4 is 10.6 Å². The highest BCUT2D eigenvalue weighted by Gasteiger charge is 2.10. The number of rotatable bonds is 5. The second-order valence-electron chi connectivity index (χ2n) is 5.31. The maximum Gasteiger partial charge on any atom is 0.337 e. The van der Waals surface area contributed by atoms with Crippen LogP contribution in [0.25, 0.3) is 10.8 Å². The molecule has 0 spiro atoms. The quantitative estimate of drug-likeness (QED) is 0.671. The fraction of sp³-hybridized carbons (Fsp3) is 0.0526. The third-order valence-electron chi connectivity index (χ3n) is 3.63. The van der Waals surface area contributed by atoms with E-state index in [0.29, 0.717) is 11.4 Å². The minimum Gasteiger partial charge on any atom is -0.478 e. The van der Waals surface area contributed by atoms with Crippen molar-refractivity contribution in [2.75, 3.05) is 17.2 Å². The van der Waals surface area contributed by atoms with Gasteiger partial charge in [0.05, 0.1) is 12.1 Å². The average Bonchev–Trinajstić information content (AvgIpc) is 2.60. The van der Waals surface area contributed by atoms with E-state index in [-0.39, 0.29) is 18.0 Å². The number of carbonyl (C=O) groups excluding carboxylic acids is 1. The van der Waals surface area contributed by atoms with E-state index in [2.05, 4.69) is 10.6 Å². The molecule has 0 saturated heterocycles. The average molecular weight is 320 g/mol. The maximum atomic E-state index is 12.1. The van der Waals surface area contributed by atoms with Crippen molar-refractivity contribution in [2.24, 2.45) is 0 Å². The highest BCUT2D eigenvalue weighted by molar-refractivity contribution is 5.98. The number of benzene rings is 3. The zero-order valence-electron chi connectivity index (χ0n) is 12.8. The number of carbonyl (C=O) groups is 2. The van der Waals surface area contributed by atoms with Gasteiger partial charge >= 0.3 is 5.97 Å². The highest BCUT2D eigenvalue weighted by atomic mass is 16.4. The van der Waals surface area contributed by atoms with Crippen molar-refractivity contribution < 1.29 is 14.7 Å². The predicted octanol–water partition coefficient (Wildman–Crippen LogP) is 3.59. The number of hydrogen-bond donors (Lipinski definition) is 3. The second-order valence-corrected chi connectivity index (χ2v) is 5.31. The van der Waals surface area contributed by atoms with Crippen LogP contribution in [0.4, 0.5) is 11.4 Å². The molecule has 5 heteroatoms. The van der Waals surface area contributed by atoms with Crippen LogP contribution in [0, 0.1) is 0 Å². The number of anilines is 2. The Hall–Kier alpha value is -3.34. The van der Waals surface area contributed by atoms with Gasteiger partial charge in [-0.15, -0.1) is 0 Å². The second kappa shape index (κ2) is 6.83. The van der Waals surface area contributed by atoms with Crippen molar-refractivity contribution >= 4 is 34.0 Å². The predicted molar refractivity (Wildman–Crippen MR) is 94.5 cm³/mol. The summed E-state index contributed by atoms with van der Waals surface area (Å²) >= 11 is 0. The number of carboxylic acids is 1. The molecule has 1 amide bonds. The molecule has 24 heavy (non-hydrogen) atoms. The summed E-state index contributed by atoms with van der Waals surface area (Å²) in [6.07, 6.45) is 0. The van der Waals surface area contributed by atoms with E-state index in [1.165, 1.54) is 6.07 Å². The van der Waals surface area contributed by atoms with Crippen LogP contribution in [0.2, 0.25) is 0 Å². The monoisotopic (exact) mass is 320 g/mol. The summed E-state index contributed by atoms with van der Waals surface area (Å²) in [6.45, 7) is -0.0167. The first-order chi connectivity index (χ1) is 11.6. The van der Waals surface area contributed by atoms with Gasteiger partial charge in [0.1, 0.15) is 0 Å². The number of amides is 1. The van der Waals surface area contributed by atoms with Gasteiger partial charge in [0.2, 0.25) is 5.91 Å². The summed E-state index contributed by atoms with van der Waals surface area (Å²) in [7, 11) is 0. The molecule has 0 bridgehead atoms. The van der Waals surface area contributed by atoms with Gasteiger partial charge in [-0.05, 0) is 35.0 Å². The normalized spacial score (nSPS) is 10.3. The Kier molecular flexibility index (Phi) is 4.43. The molecule has 3 aromatic rings. The first-order valence-corrected chi connectivity index (χ1v) is 7.48. The number of hydrogen-bond acceptors (Lipinski definition) is 3. The lowest BCUT2D eigenvalue weighted by molar-refractivity contribution is -0.114. The first kappa shape index (κ1) is 15.6. The van der Waals surface area contributed by atoms with Gasteiger partial charge in [0.25, 0.3) is 0 Å². The molecular formula is C19H16N2O3. The van der Waals surface area contributed by atoms with Gasteiger partial charge < -0.3 is 15.7 Å². The fourth-order valence-electron chi connectivity index (χ4n) is 2.47. The number of para-hydroxylation sites is 1. The zero-order valence-corrected chi connectivity index (χ0v) is 12.8. The number of aromatic carboxylic acids is 1. The standard InChI is InChI=1S/C19H16N2O3/c22-18(12-20-17-8-4-3-7-16(17)19(23)24)21-15-10-9-13-5-1-2-6-14(13)11-15/h1-11,20H,12H2,(H,21,22)(H,23,24). The Morgan fingerprint density at radius 3 is 2.38 bits per heavy atom. The Morgan fingerprint density at radius 1 is 0.875 bits per heavy atom. The van der Waals surface area contributed by atoms with Crippen LogP contribution in [0.3, 0.4) is 0 Å². The molecule has 0 unspecified atom stereocenters. The minimum absolute atomic E-state index is 0.0167. The maximum absolute atomic E-state index is 12.1. The summed E-state index contributed by atoms with van der Waals surface area (Å²) in [4.78, 5) is 23.2. The van der Waals surface area contributed by atoms with E-state index in [1.807, 2.05) is 42.5 Å². The van der Waals surface area contributed by atoms with Crippen LogP contribution >= 0.6 is 0 Å². The molecule has 0 radical (unpaired) electrons. The van der Waals surface area contributed by atoms with Crippen LogP contribution in [0.5, 0.6) is 0 Å². The molecule has 0 aliphatic heterocycles. The highest BCUT2D eigenvalue weighted by Crippen LogP contribution is 2.19. The van der Waals surface area contributed by atoms with Gasteiger partial charge in [-0.1, -0.05) is 42.5 Å². The van der Waals surface area contributed by atoms with Crippen LogP contribution in [0.15, 0.2) is 66.7 Å². The van der Waals surface area contributed by atoms with E-state index in [0.717, 1.165) is 10.8 Å². The molecule has 0 aromatic heterocycles. The van der Waals surface area contributed by atoms with Crippen molar-refractivity contribution in [3.05, 3.63) is 72.3 Å². The van der Waals surface area contributed by atoms with Crippen molar-refractivity contribution in [1.82, 2.24) is 0 Å². The van der Waals surface area contributed by atoms with Gasteiger partial charge in [-0.25, -0.2) is 4.79 Å². The summed E-state index contributed by atoms with van der Waals surface area (Å²) in [6, 6.07) is 20.1. The molecule has 0 saturated carbocycles. The molecule has 3 N–H and O–H groups in total. The zero-order chi connectivity index (χ0) is 16.9. The van der Waals surface area contributed by atoms with Gasteiger partial charge in [0.15, 0.2) is 0 Å². The van der Waals surface area contributed by atoms with E-state index in [1.54, 1.807) is 18.2 Å². The summed E-state index contributed by atoms with van der Waals surface area (Å²) in [5, 5.41) is 16.9. The SMILES string of the molecule is O=C(CNc1ccccc1C(=O)O)Nc1ccc2ccccc2c1. The Labute approximate surface area is 138 Å². The van der Waals surface area contributed by atoms with Crippen molar-refractivity contribution in [1.29, 1.82) is 0 Å².